The van der Waals surface area contributed by atoms with Gasteiger partial charge >= 0.3 is 0 Å². The molecule has 0 amide bonds. The van der Waals surface area contributed by atoms with Crippen LogP contribution in [-0.4, -0.2) is 77.5 Å². The molecule has 0 aliphatic carbocycles. The van der Waals surface area contributed by atoms with Crippen LogP contribution in [0.2, 0.25) is 0 Å². The lowest BCUT2D eigenvalue weighted by atomic mass is 9.99. The Balaban J connectivity index is 0.000000156. The van der Waals surface area contributed by atoms with Crippen LogP contribution in [0.15, 0.2) is 113 Å². The van der Waals surface area contributed by atoms with Gasteiger partial charge in [-0.25, -0.2) is 0 Å². The van der Waals surface area contributed by atoms with Crippen molar-refractivity contribution in [3.8, 4) is 45.8 Å². The summed E-state index contributed by atoms with van der Waals surface area (Å²) in [5, 5.41) is 3.45. The highest BCUT2D eigenvalue weighted by Gasteiger charge is 2.25. The van der Waals surface area contributed by atoms with Gasteiger partial charge in [0.25, 0.3) is 11.1 Å². The Morgan fingerprint density at radius 2 is 1.17 bits per heavy atom. The third-order valence-electron chi connectivity index (χ3n) is 11.7. The smallest absolute Gasteiger partial charge is 0.250 e. The molecule has 324 valence electrons. The van der Waals surface area contributed by atoms with E-state index in [4.69, 9.17) is 24.7 Å². The number of ether oxygens (including phenoxy) is 4. The van der Waals surface area contributed by atoms with Crippen LogP contribution in [0.5, 0.6) is 23.0 Å². The molecule has 4 aliphatic rings. The van der Waals surface area contributed by atoms with Crippen LogP contribution < -0.4 is 41.4 Å². The van der Waals surface area contributed by atoms with Gasteiger partial charge in [-0.15, -0.1) is 0 Å². The monoisotopic (exact) mass is 857 g/mol. The number of hydrogen-bond acceptors (Lipinski definition) is 13. The van der Waals surface area contributed by atoms with E-state index in [1.807, 2.05) is 73.8 Å². The maximum absolute atomic E-state index is 12.5. The predicted molar refractivity (Wildman–Crippen MR) is 246 cm³/mol. The van der Waals surface area contributed by atoms with Crippen molar-refractivity contribution in [2.75, 3.05) is 73.5 Å². The number of H-pyrrole nitrogens is 2. The summed E-state index contributed by atoms with van der Waals surface area (Å²) in [6, 6.07) is 26.9. The first-order valence-electron chi connectivity index (χ1n) is 21.4. The second-order valence-corrected chi connectivity index (χ2v) is 16.2. The van der Waals surface area contributed by atoms with Crippen molar-refractivity contribution < 1.29 is 18.9 Å². The Hall–Kier alpha value is -7.49. The minimum Gasteiger partial charge on any atom is -0.454 e. The molecule has 64 heavy (non-hydrogen) atoms. The molecule has 15 nitrogen and oxygen atoms in total. The average molecular weight is 858 g/mol. The Morgan fingerprint density at radius 1 is 0.625 bits per heavy atom. The first-order chi connectivity index (χ1) is 31.3. The molecule has 0 radical (unpaired) electrons. The second-order valence-electron chi connectivity index (χ2n) is 16.2. The van der Waals surface area contributed by atoms with E-state index in [1.165, 1.54) is 0 Å². The number of nitrogens with zero attached hydrogens (tertiary/aromatic N) is 5. The van der Waals surface area contributed by atoms with E-state index in [0.29, 0.717) is 85.8 Å². The molecule has 4 aliphatic heterocycles. The molecule has 2 aromatic carbocycles. The third kappa shape index (κ3) is 8.76. The van der Waals surface area contributed by atoms with Crippen molar-refractivity contribution in [1.29, 1.82) is 0 Å². The zero-order valence-electron chi connectivity index (χ0n) is 35.4. The zero-order valence-corrected chi connectivity index (χ0v) is 35.4. The fraction of sp³-hybridized carbons (Fsp3) is 0.245. The molecule has 7 aromatic rings. The molecule has 9 heterocycles. The third-order valence-corrected chi connectivity index (χ3v) is 11.7. The number of aromatic amines is 2. The van der Waals surface area contributed by atoms with Gasteiger partial charge in [0.15, 0.2) is 11.5 Å². The van der Waals surface area contributed by atoms with E-state index in [1.54, 1.807) is 24.5 Å². The minimum atomic E-state index is -0.164. The van der Waals surface area contributed by atoms with Gasteiger partial charge in [-0.2, -0.15) is 0 Å². The van der Waals surface area contributed by atoms with Crippen molar-refractivity contribution in [3.63, 3.8) is 0 Å². The minimum absolute atomic E-state index is 0.164. The summed E-state index contributed by atoms with van der Waals surface area (Å²) < 4.78 is 23.4. The number of hydrogen-bond donors (Lipinski definition) is 4. The predicted octanol–water partition coefficient (Wildman–Crippen LogP) is 6.84. The lowest BCUT2D eigenvalue weighted by molar-refractivity contribution is 0.122. The number of nitrogens with one attached hydrogen (secondary N) is 3. The van der Waals surface area contributed by atoms with E-state index in [2.05, 4.69) is 52.2 Å². The van der Waals surface area contributed by atoms with Crippen LogP contribution in [-0.2, 0) is 28.9 Å². The molecule has 11 rings (SSSR count). The van der Waals surface area contributed by atoms with Crippen molar-refractivity contribution in [3.05, 3.63) is 158 Å². The fourth-order valence-electron chi connectivity index (χ4n) is 8.38. The Bertz CT molecular complexity index is 2960. The Kier molecular flexibility index (Phi) is 11.2. The number of fused-ring (bicyclic) bond motifs is 4. The molecule has 0 bridgehead atoms. The van der Waals surface area contributed by atoms with Crippen LogP contribution >= 0.6 is 0 Å². The number of rotatable bonds is 7. The number of aryl methyl sites for hydroxylation is 1. The van der Waals surface area contributed by atoms with Gasteiger partial charge in [-0.3, -0.25) is 24.5 Å². The highest BCUT2D eigenvalue weighted by Crippen LogP contribution is 2.43. The summed E-state index contributed by atoms with van der Waals surface area (Å²) in [6.07, 6.45) is 6.82. The summed E-state index contributed by atoms with van der Waals surface area (Å²) in [4.78, 5) is 48.6. The van der Waals surface area contributed by atoms with Crippen LogP contribution in [0, 0.1) is 6.92 Å². The largest absolute Gasteiger partial charge is 0.454 e. The van der Waals surface area contributed by atoms with Gasteiger partial charge < -0.3 is 49.8 Å². The highest BCUT2D eigenvalue weighted by molar-refractivity contribution is 5.72. The fourth-order valence-corrected chi connectivity index (χ4v) is 8.38. The highest BCUT2D eigenvalue weighted by atomic mass is 16.5. The maximum Gasteiger partial charge on any atom is 0.250 e. The first-order valence-corrected chi connectivity index (χ1v) is 21.4. The zero-order chi connectivity index (χ0) is 43.6. The number of pyridine rings is 5. The quantitative estimate of drug-likeness (QED) is 0.122. The number of benzene rings is 2. The van der Waals surface area contributed by atoms with E-state index in [9.17, 15) is 9.59 Å². The summed E-state index contributed by atoms with van der Waals surface area (Å²) in [5.41, 5.74) is 17.9. The Morgan fingerprint density at radius 3 is 1.72 bits per heavy atom. The molecule has 15 heteroatoms. The normalized spacial score (nSPS) is 15.0. The van der Waals surface area contributed by atoms with Crippen molar-refractivity contribution >= 4 is 22.7 Å². The molecular weight excluding hydrogens is 811 g/mol. The lowest BCUT2D eigenvalue weighted by Crippen LogP contribution is -2.36. The van der Waals surface area contributed by atoms with Crippen molar-refractivity contribution in [1.82, 2.24) is 24.9 Å². The molecule has 2 saturated heterocycles. The second kappa shape index (κ2) is 17.7. The van der Waals surface area contributed by atoms with Crippen molar-refractivity contribution in [2.45, 2.75) is 26.3 Å². The molecule has 0 saturated carbocycles. The summed E-state index contributed by atoms with van der Waals surface area (Å²) in [5.74, 6) is 2.92. The SMILES string of the molecule is Cc1ccc(CNc2ccc3c(c2)Cc2ccnc(-c4cc(N5CCOCC5)cc(=O)[nH]4)c2O3)nc1.Nc1ccc2c(c1)Cc1ccnc(-c3cc(N4CCOCC4)cc(=O)[nH]3)c1O2. The van der Waals surface area contributed by atoms with E-state index < -0.39 is 0 Å². The number of aromatic nitrogens is 5. The lowest BCUT2D eigenvalue weighted by Gasteiger charge is -2.29. The summed E-state index contributed by atoms with van der Waals surface area (Å²) in [6.45, 7) is 8.32. The first kappa shape index (κ1) is 40.6. The van der Waals surface area contributed by atoms with Crippen LogP contribution in [0.25, 0.3) is 22.8 Å². The summed E-state index contributed by atoms with van der Waals surface area (Å²) in [7, 11) is 0. The Labute approximate surface area is 368 Å². The molecule has 5 N–H and O–H groups in total. The van der Waals surface area contributed by atoms with Crippen LogP contribution in [0.1, 0.15) is 33.5 Å². The van der Waals surface area contributed by atoms with Gasteiger partial charge in [0.1, 0.15) is 22.9 Å². The number of morpholine rings is 2. The molecule has 2 fully saturated rings. The average Bonchev–Trinajstić information content (AvgIpc) is 3.32. The molecular formula is C49H47N9O6. The van der Waals surface area contributed by atoms with E-state index in [0.717, 1.165) is 88.3 Å². The number of nitrogen functional groups attached to an aromatic ring is 1. The van der Waals surface area contributed by atoms with Crippen molar-refractivity contribution in [2.24, 2.45) is 0 Å². The molecule has 0 unspecified atom stereocenters. The number of anilines is 4. The maximum atomic E-state index is 12.5. The van der Waals surface area contributed by atoms with Crippen LogP contribution in [0.3, 0.4) is 0 Å². The van der Waals surface area contributed by atoms with Crippen LogP contribution in [0.4, 0.5) is 22.7 Å². The van der Waals surface area contributed by atoms with E-state index >= 15 is 0 Å². The number of nitrogens with two attached hydrogens (primary N) is 1. The van der Waals surface area contributed by atoms with E-state index in [-0.39, 0.29) is 11.1 Å². The van der Waals surface area contributed by atoms with Gasteiger partial charge in [-0.05, 0) is 79.2 Å². The summed E-state index contributed by atoms with van der Waals surface area (Å²) >= 11 is 0. The molecule has 0 spiro atoms. The molecule has 0 atom stereocenters. The van der Waals surface area contributed by atoms with Gasteiger partial charge in [0, 0.05) is 115 Å². The topological polar surface area (TPSA) is 186 Å². The molecule has 5 aromatic heterocycles. The van der Waals surface area contributed by atoms with Gasteiger partial charge in [0.2, 0.25) is 0 Å². The standard InChI is InChI=1S/C28H27N5O3.C21H20N4O3/c1-18-2-3-22(30-16-18)17-31-21-4-5-25-20(13-21)12-19-6-7-29-27(28(19)36-25)24-14-23(15-26(34)32-24)33-8-10-35-11-9-33;22-15-1-2-18-14(10-15)9-13-3-4-23-20(21(13)28-18)17-11-16(12-19(26)24-17)25-5-7-27-8-6-25/h2-7,13-16,31H,8-12,17H2,1H3,(H,32,34);1-4,10-12H,5-9,22H2,(H,24,26). The van der Waals surface area contributed by atoms with Gasteiger partial charge in [0.05, 0.1) is 50.1 Å². The van der Waals surface area contributed by atoms with Gasteiger partial charge in [-0.1, -0.05) is 6.07 Å².